The van der Waals surface area contributed by atoms with Crippen molar-refractivity contribution >= 4 is 5.78 Å². The summed E-state index contributed by atoms with van der Waals surface area (Å²) in [5, 5.41) is 24.2. The van der Waals surface area contributed by atoms with Crippen LogP contribution in [0.25, 0.3) is 0 Å². The number of aromatic nitrogens is 2. The first-order valence-electron chi connectivity index (χ1n) is 13.9. The molecular formula is C28H49N3O4. The molecule has 7 heteroatoms. The summed E-state index contributed by atoms with van der Waals surface area (Å²) in [5.41, 5.74) is 2.14. The molecule has 0 amide bonds. The Labute approximate surface area is 212 Å². The summed E-state index contributed by atoms with van der Waals surface area (Å²) >= 11 is 0. The van der Waals surface area contributed by atoms with Gasteiger partial charge in [-0.1, -0.05) is 58.8 Å². The summed E-state index contributed by atoms with van der Waals surface area (Å²) in [6.45, 7) is 7.32. The fourth-order valence-corrected chi connectivity index (χ4v) is 4.71. The van der Waals surface area contributed by atoms with E-state index in [0.717, 1.165) is 76.7 Å². The molecule has 1 aromatic rings. The van der Waals surface area contributed by atoms with Gasteiger partial charge in [0.2, 0.25) is 5.78 Å². The smallest absolute Gasteiger partial charge is 0.204 e. The normalized spacial score (nSPS) is 18.9. The number of allylic oxidation sites excluding steroid dienone is 1. The lowest BCUT2D eigenvalue weighted by Crippen LogP contribution is -2.28. The van der Waals surface area contributed by atoms with E-state index >= 15 is 0 Å². The van der Waals surface area contributed by atoms with Gasteiger partial charge in [-0.2, -0.15) is 0 Å². The van der Waals surface area contributed by atoms with Crippen LogP contribution >= 0.6 is 0 Å². The Morgan fingerprint density at radius 2 is 1.77 bits per heavy atom. The van der Waals surface area contributed by atoms with Crippen LogP contribution in [-0.2, 0) is 11.8 Å². The highest BCUT2D eigenvalue weighted by Gasteiger charge is 2.31. The van der Waals surface area contributed by atoms with Gasteiger partial charge in [-0.15, -0.1) is 0 Å². The minimum Gasteiger partial charge on any atom is -0.392 e. The number of unbranched alkanes of at least 4 members (excludes halogenated alkanes) is 7. The fraction of sp³-hybridized carbons (Fsp3) is 0.786. The lowest BCUT2D eigenvalue weighted by atomic mass is 9.92. The molecule has 0 radical (unpaired) electrons. The van der Waals surface area contributed by atoms with Crippen LogP contribution in [-0.4, -0.2) is 64.1 Å². The molecule has 1 aliphatic rings. The molecule has 2 unspecified atom stereocenters. The first-order chi connectivity index (χ1) is 17.0. The maximum atomic E-state index is 12.6. The highest BCUT2D eigenvalue weighted by molar-refractivity contribution is 6.05. The van der Waals surface area contributed by atoms with Crippen LogP contribution in [0.4, 0.5) is 0 Å². The number of aliphatic hydroxyl groups excluding tert-OH is 2. The molecule has 0 bridgehead atoms. The molecule has 200 valence electrons. The third-order valence-electron chi connectivity index (χ3n) is 6.97. The van der Waals surface area contributed by atoms with Crippen molar-refractivity contribution in [3.63, 3.8) is 0 Å². The number of carbonyl (C=O) groups excluding carboxylic acids is 1. The molecule has 0 aliphatic heterocycles. The van der Waals surface area contributed by atoms with Gasteiger partial charge in [0.25, 0.3) is 0 Å². The van der Waals surface area contributed by atoms with E-state index in [1.54, 1.807) is 17.0 Å². The Kier molecular flexibility index (Phi) is 14.4. The first kappa shape index (κ1) is 29.7. The number of ketones is 1. The van der Waals surface area contributed by atoms with Crippen LogP contribution in [0.5, 0.6) is 0 Å². The lowest BCUT2D eigenvalue weighted by Gasteiger charge is -2.19. The van der Waals surface area contributed by atoms with Gasteiger partial charge in [-0.3, -0.25) is 4.79 Å². The van der Waals surface area contributed by atoms with Gasteiger partial charge < -0.3 is 24.8 Å². The van der Waals surface area contributed by atoms with Crippen molar-refractivity contribution in [1.82, 2.24) is 14.9 Å². The highest BCUT2D eigenvalue weighted by atomic mass is 16.5. The third-order valence-corrected chi connectivity index (χ3v) is 6.97. The number of nitrogens with one attached hydrogen (secondary N) is 1. The van der Waals surface area contributed by atoms with Gasteiger partial charge in [-0.05, 0) is 50.3 Å². The van der Waals surface area contributed by atoms with E-state index in [1.807, 2.05) is 14.0 Å². The maximum Gasteiger partial charge on any atom is 0.204 e. The van der Waals surface area contributed by atoms with Crippen LogP contribution in [0.1, 0.15) is 113 Å². The molecule has 3 atom stereocenters. The molecule has 0 aromatic carbocycles. The zero-order chi connectivity index (χ0) is 25.5. The van der Waals surface area contributed by atoms with Gasteiger partial charge in [-0.25, -0.2) is 4.98 Å². The molecule has 1 heterocycles. The molecule has 0 saturated heterocycles. The number of aryl methyl sites for hydroxylation is 1. The minimum atomic E-state index is -0.643. The van der Waals surface area contributed by atoms with Crippen LogP contribution < -0.4 is 5.32 Å². The molecule has 7 nitrogen and oxygen atoms in total. The number of carbonyl (C=O) groups is 1. The van der Waals surface area contributed by atoms with Crippen molar-refractivity contribution in [2.24, 2.45) is 7.05 Å². The van der Waals surface area contributed by atoms with Crippen molar-refractivity contribution in [3.8, 4) is 0 Å². The maximum absolute atomic E-state index is 12.6. The van der Waals surface area contributed by atoms with Crippen LogP contribution in [0, 0.1) is 0 Å². The Morgan fingerprint density at radius 1 is 1.09 bits per heavy atom. The van der Waals surface area contributed by atoms with Gasteiger partial charge in [0.1, 0.15) is 5.69 Å². The standard InChI is InChI=1S/C28H49N3O4/c1-4-5-17-35-18-13-16-29-20-24(32)15-12-10-8-6-7-9-11-14-23-19-25(33)27-26(22(2)28(23)34)30-21-31(27)3/h19,21-22,24,28-29,32,34H,4-18,20H2,1-3H3/t22?,24-,28?/m1/s1. The first-order valence-corrected chi connectivity index (χ1v) is 13.9. The number of hydrogen-bond acceptors (Lipinski definition) is 6. The van der Waals surface area contributed by atoms with E-state index in [9.17, 15) is 15.0 Å². The molecule has 0 spiro atoms. The van der Waals surface area contributed by atoms with Crippen molar-refractivity contribution in [2.75, 3.05) is 26.3 Å². The fourth-order valence-electron chi connectivity index (χ4n) is 4.71. The van der Waals surface area contributed by atoms with Crippen molar-refractivity contribution in [2.45, 2.75) is 109 Å². The Morgan fingerprint density at radius 3 is 2.51 bits per heavy atom. The zero-order valence-electron chi connectivity index (χ0n) is 22.3. The number of fused-ring (bicyclic) bond motifs is 1. The summed E-state index contributed by atoms with van der Waals surface area (Å²) in [6, 6.07) is 0. The molecule has 0 fully saturated rings. The lowest BCUT2D eigenvalue weighted by molar-refractivity contribution is 0.103. The number of ether oxygens (including phenoxy) is 1. The van der Waals surface area contributed by atoms with E-state index in [-0.39, 0.29) is 17.8 Å². The zero-order valence-corrected chi connectivity index (χ0v) is 22.3. The summed E-state index contributed by atoms with van der Waals surface area (Å²) in [6.07, 6.45) is 15.1. The Hall–Kier alpha value is -1.54. The number of rotatable bonds is 19. The second-order valence-electron chi connectivity index (χ2n) is 10.1. The van der Waals surface area contributed by atoms with E-state index in [4.69, 9.17) is 4.74 Å². The molecule has 35 heavy (non-hydrogen) atoms. The average Bonchev–Trinajstić information content (AvgIpc) is 3.20. The average molecular weight is 492 g/mol. The van der Waals surface area contributed by atoms with Crippen molar-refractivity contribution in [1.29, 1.82) is 0 Å². The molecule has 1 aliphatic carbocycles. The van der Waals surface area contributed by atoms with Gasteiger partial charge in [0.15, 0.2) is 0 Å². The molecule has 1 aromatic heterocycles. The monoisotopic (exact) mass is 491 g/mol. The minimum absolute atomic E-state index is 0.0489. The number of nitrogens with zero attached hydrogens (tertiary/aromatic N) is 2. The Bertz CT molecular complexity index is 761. The largest absolute Gasteiger partial charge is 0.392 e. The second kappa shape index (κ2) is 17.0. The number of hydrogen-bond donors (Lipinski definition) is 3. The SMILES string of the molecule is CCCCOCCCNC[C@H](O)CCCCCCCCCC1=CC(=O)c2c(ncn2C)C(C)C1O. The van der Waals surface area contributed by atoms with E-state index in [0.29, 0.717) is 17.9 Å². The quantitative estimate of drug-likeness (QED) is 0.243. The highest BCUT2D eigenvalue weighted by Crippen LogP contribution is 2.31. The molecule has 0 saturated carbocycles. The topological polar surface area (TPSA) is 96.6 Å². The summed E-state index contributed by atoms with van der Waals surface area (Å²) in [5.74, 6) is -0.216. The van der Waals surface area contributed by atoms with E-state index in [2.05, 4.69) is 17.2 Å². The number of imidazole rings is 1. The van der Waals surface area contributed by atoms with Gasteiger partial charge in [0, 0.05) is 32.7 Å². The van der Waals surface area contributed by atoms with Crippen molar-refractivity contribution in [3.05, 3.63) is 29.4 Å². The second-order valence-corrected chi connectivity index (χ2v) is 10.1. The van der Waals surface area contributed by atoms with E-state index in [1.165, 1.54) is 25.7 Å². The third kappa shape index (κ3) is 10.5. The predicted molar refractivity (Wildman–Crippen MR) is 141 cm³/mol. The van der Waals surface area contributed by atoms with E-state index < -0.39 is 6.10 Å². The summed E-state index contributed by atoms with van der Waals surface area (Å²) < 4.78 is 7.29. The summed E-state index contributed by atoms with van der Waals surface area (Å²) in [7, 11) is 1.83. The van der Waals surface area contributed by atoms with Crippen molar-refractivity contribution < 1.29 is 19.7 Å². The predicted octanol–water partition coefficient (Wildman–Crippen LogP) is 4.68. The summed E-state index contributed by atoms with van der Waals surface area (Å²) in [4.78, 5) is 17.0. The molecular weight excluding hydrogens is 442 g/mol. The van der Waals surface area contributed by atoms with Crippen LogP contribution in [0.15, 0.2) is 18.0 Å². The molecule has 2 rings (SSSR count). The van der Waals surface area contributed by atoms with Crippen LogP contribution in [0.3, 0.4) is 0 Å². The number of aliphatic hydroxyl groups is 2. The molecule has 3 N–H and O–H groups in total. The Balaban J connectivity index is 1.47. The van der Waals surface area contributed by atoms with Crippen LogP contribution in [0.2, 0.25) is 0 Å². The van der Waals surface area contributed by atoms with Gasteiger partial charge in [0.05, 0.1) is 24.2 Å². The van der Waals surface area contributed by atoms with Gasteiger partial charge >= 0.3 is 0 Å².